The number of thioether (sulfide) groups is 1. The molecule has 10 nitrogen and oxygen atoms in total. The first kappa shape index (κ1) is 18.7. The van der Waals surface area contributed by atoms with Gasteiger partial charge in [0.15, 0.2) is 11.5 Å². The second-order valence-electron chi connectivity index (χ2n) is 6.00. The predicted octanol–water partition coefficient (Wildman–Crippen LogP) is 3.41. The average Bonchev–Trinajstić information content (AvgIpc) is 3.36. The van der Waals surface area contributed by atoms with Crippen LogP contribution in [0.1, 0.15) is 5.56 Å². The number of amides is 1. The highest BCUT2D eigenvalue weighted by Gasteiger charge is 2.19. The van der Waals surface area contributed by atoms with Gasteiger partial charge >= 0.3 is 0 Å². The summed E-state index contributed by atoms with van der Waals surface area (Å²) in [6.45, 7) is 1.85. The van der Waals surface area contributed by atoms with Gasteiger partial charge in [-0.1, -0.05) is 23.9 Å². The van der Waals surface area contributed by atoms with Gasteiger partial charge in [-0.2, -0.15) is 0 Å². The van der Waals surface area contributed by atoms with Crippen molar-refractivity contribution in [1.29, 1.82) is 0 Å². The molecule has 1 aromatic heterocycles. The number of hydrogen-bond donors (Lipinski definition) is 1. The molecule has 4 rings (SSSR count). The average molecular weight is 414 g/mol. The molecule has 11 heteroatoms. The van der Waals surface area contributed by atoms with Crippen molar-refractivity contribution in [3.05, 3.63) is 52.1 Å². The molecule has 1 aliphatic rings. The fraction of sp³-hybridized carbons (Fsp3) is 0.167. The molecule has 1 N–H and O–H groups in total. The predicted molar refractivity (Wildman–Crippen MR) is 103 cm³/mol. The summed E-state index contributed by atoms with van der Waals surface area (Å²) in [7, 11) is 0. The highest BCUT2D eigenvalue weighted by Crippen LogP contribution is 2.36. The Bertz CT molecular complexity index is 1100. The number of hydrogen-bond acceptors (Lipinski definition) is 9. The molecule has 0 saturated carbocycles. The lowest BCUT2D eigenvalue weighted by Crippen LogP contribution is -2.16. The zero-order chi connectivity index (χ0) is 20.4. The standard InChI is InChI=1S/C18H14N4O6S/c1-10-3-2-4-12(22(24)25)16(10)19-15(23)8-29-18-21-20-17(28-18)11-5-6-13-14(7-11)27-9-26-13/h2-7H,8-9H2,1H3,(H,19,23). The summed E-state index contributed by atoms with van der Waals surface area (Å²) in [6.07, 6.45) is 0. The Morgan fingerprint density at radius 2 is 2.07 bits per heavy atom. The molecule has 3 aromatic rings. The van der Waals surface area contributed by atoms with E-state index in [-0.39, 0.29) is 35.0 Å². The number of carbonyl (C=O) groups excluding carboxylic acids is 1. The number of aromatic nitrogens is 2. The Balaban J connectivity index is 1.40. The number of ether oxygens (including phenoxy) is 2. The summed E-state index contributed by atoms with van der Waals surface area (Å²) < 4.78 is 16.2. The first-order valence-electron chi connectivity index (χ1n) is 8.41. The molecule has 0 fully saturated rings. The number of para-hydroxylation sites is 1. The molecule has 0 spiro atoms. The van der Waals surface area contributed by atoms with Crippen LogP contribution < -0.4 is 14.8 Å². The minimum Gasteiger partial charge on any atom is -0.454 e. The third-order valence-corrected chi connectivity index (χ3v) is 4.88. The van der Waals surface area contributed by atoms with E-state index in [9.17, 15) is 14.9 Å². The first-order valence-corrected chi connectivity index (χ1v) is 9.40. The molecule has 0 saturated heterocycles. The van der Waals surface area contributed by atoms with Crippen LogP contribution in [0, 0.1) is 17.0 Å². The number of carbonyl (C=O) groups is 1. The van der Waals surface area contributed by atoms with Gasteiger partial charge in [0, 0.05) is 11.6 Å². The summed E-state index contributed by atoms with van der Waals surface area (Å²) in [5.41, 5.74) is 1.27. The van der Waals surface area contributed by atoms with Crippen LogP contribution in [0.25, 0.3) is 11.5 Å². The maximum absolute atomic E-state index is 12.2. The van der Waals surface area contributed by atoms with Crippen LogP contribution in [-0.2, 0) is 4.79 Å². The van der Waals surface area contributed by atoms with Crippen molar-refractivity contribution in [1.82, 2.24) is 10.2 Å². The van der Waals surface area contributed by atoms with Crippen LogP contribution in [0.15, 0.2) is 46.0 Å². The van der Waals surface area contributed by atoms with Gasteiger partial charge in [0.25, 0.3) is 10.9 Å². The normalized spacial score (nSPS) is 12.0. The number of fused-ring (bicyclic) bond motifs is 1. The van der Waals surface area contributed by atoms with Gasteiger partial charge in [-0.15, -0.1) is 10.2 Å². The molecular formula is C18H14N4O6S. The highest BCUT2D eigenvalue weighted by molar-refractivity contribution is 7.99. The Labute approximate surface area is 168 Å². The van der Waals surface area contributed by atoms with Crippen molar-refractivity contribution >= 4 is 29.0 Å². The Hall–Kier alpha value is -3.60. The van der Waals surface area contributed by atoms with Gasteiger partial charge < -0.3 is 19.2 Å². The van der Waals surface area contributed by atoms with Crippen LogP contribution in [-0.4, -0.2) is 33.6 Å². The number of nitro benzene ring substituents is 1. The van der Waals surface area contributed by atoms with Crippen LogP contribution >= 0.6 is 11.8 Å². The molecule has 0 aliphatic carbocycles. The van der Waals surface area contributed by atoms with Crippen LogP contribution in [0.5, 0.6) is 11.5 Å². The molecule has 0 unspecified atom stereocenters. The van der Waals surface area contributed by atoms with E-state index in [1.807, 2.05) is 0 Å². The summed E-state index contributed by atoms with van der Waals surface area (Å²) in [6, 6.07) is 9.83. The van der Waals surface area contributed by atoms with Gasteiger partial charge in [0.05, 0.1) is 10.7 Å². The smallest absolute Gasteiger partial charge is 0.293 e. The van der Waals surface area contributed by atoms with Gasteiger partial charge in [-0.3, -0.25) is 14.9 Å². The van der Waals surface area contributed by atoms with Crippen LogP contribution in [0.3, 0.4) is 0 Å². The van der Waals surface area contributed by atoms with E-state index in [1.54, 1.807) is 37.3 Å². The largest absolute Gasteiger partial charge is 0.454 e. The van der Waals surface area contributed by atoms with Gasteiger partial charge in [0.2, 0.25) is 18.6 Å². The monoisotopic (exact) mass is 414 g/mol. The number of rotatable bonds is 6. The Morgan fingerprint density at radius 3 is 2.90 bits per heavy atom. The van der Waals surface area contributed by atoms with Crippen molar-refractivity contribution in [3.63, 3.8) is 0 Å². The minimum absolute atomic E-state index is 0.0474. The molecule has 2 aromatic carbocycles. The molecule has 2 heterocycles. The lowest BCUT2D eigenvalue weighted by atomic mass is 10.1. The third kappa shape index (κ3) is 3.99. The number of aryl methyl sites for hydroxylation is 1. The van der Waals surface area contributed by atoms with E-state index in [4.69, 9.17) is 13.9 Å². The molecule has 0 bridgehead atoms. The topological polar surface area (TPSA) is 130 Å². The van der Waals surface area contributed by atoms with E-state index < -0.39 is 10.8 Å². The second kappa shape index (κ2) is 7.80. The first-order chi connectivity index (χ1) is 14.0. The molecule has 0 atom stereocenters. The van der Waals surface area contributed by atoms with E-state index in [0.29, 0.717) is 22.6 Å². The number of anilines is 1. The van der Waals surface area contributed by atoms with Crippen LogP contribution in [0.2, 0.25) is 0 Å². The van der Waals surface area contributed by atoms with Crippen LogP contribution in [0.4, 0.5) is 11.4 Å². The fourth-order valence-corrected chi connectivity index (χ4v) is 3.25. The molecule has 148 valence electrons. The summed E-state index contributed by atoms with van der Waals surface area (Å²) in [4.78, 5) is 22.8. The lowest BCUT2D eigenvalue weighted by Gasteiger charge is -2.08. The molecule has 29 heavy (non-hydrogen) atoms. The van der Waals surface area contributed by atoms with Crippen molar-refractivity contribution < 1.29 is 23.6 Å². The maximum Gasteiger partial charge on any atom is 0.293 e. The number of nitrogens with one attached hydrogen (secondary N) is 1. The maximum atomic E-state index is 12.2. The quantitative estimate of drug-likeness (QED) is 0.366. The number of nitrogens with zero attached hydrogens (tertiary/aromatic N) is 3. The zero-order valence-electron chi connectivity index (χ0n) is 15.1. The fourth-order valence-electron chi connectivity index (χ4n) is 2.68. The Morgan fingerprint density at radius 1 is 1.24 bits per heavy atom. The van der Waals surface area contributed by atoms with Crippen molar-refractivity contribution in [2.24, 2.45) is 0 Å². The summed E-state index contributed by atoms with van der Waals surface area (Å²) in [5.74, 6) is 1.05. The van der Waals surface area contributed by atoms with Gasteiger partial charge in [-0.25, -0.2) is 0 Å². The lowest BCUT2D eigenvalue weighted by molar-refractivity contribution is -0.384. The zero-order valence-corrected chi connectivity index (χ0v) is 15.9. The van der Waals surface area contributed by atoms with Gasteiger partial charge in [-0.05, 0) is 30.7 Å². The van der Waals surface area contributed by atoms with Crippen molar-refractivity contribution in [2.45, 2.75) is 12.1 Å². The van der Waals surface area contributed by atoms with Crippen molar-refractivity contribution in [3.8, 4) is 23.0 Å². The summed E-state index contributed by atoms with van der Waals surface area (Å²) >= 11 is 1.03. The molecular weight excluding hydrogens is 400 g/mol. The highest BCUT2D eigenvalue weighted by atomic mass is 32.2. The van der Waals surface area contributed by atoms with E-state index >= 15 is 0 Å². The number of nitro groups is 1. The van der Waals surface area contributed by atoms with Crippen molar-refractivity contribution in [2.75, 3.05) is 17.9 Å². The molecule has 0 radical (unpaired) electrons. The molecule has 1 amide bonds. The Kier molecular flexibility index (Phi) is 5.04. The van der Waals surface area contributed by atoms with Gasteiger partial charge in [0.1, 0.15) is 5.69 Å². The minimum atomic E-state index is -0.536. The summed E-state index contributed by atoms with van der Waals surface area (Å²) in [5, 5.41) is 21.8. The number of benzene rings is 2. The molecule has 1 aliphatic heterocycles. The van der Waals surface area contributed by atoms with E-state index in [1.165, 1.54) is 6.07 Å². The van der Waals surface area contributed by atoms with E-state index in [2.05, 4.69) is 15.5 Å². The third-order valence-electron chi connectivity index (χ3n) is 4.06. The SMILES string of the molecule is Cc1cccc([N+](=O)[O-])c1NC(=O)CSc1nnc(-c2ccc3c(c2)OCO3)o1. The second-order valence-corrected chi connectivity index (χ2v) is 6.93. The van der Waals surface area contributed by atoms with E-state index in [0.717, 1.165) is 11.8 Å².